The molecule has 3 aromatic rings. The second kappa shape index (κ2) is 5.41. The summed E-state index contributed by atoms with van der Waals surface area (Å²) in [5.41, 5.74) is 7.19. The van der Waals surface area contributed by atoms with E-state index in [9.17, 15) is 0 Å². The Hall–Kier alpha value is -1.23. The molecule has 0 fully saturated rings. The smallest absolute Gasteiger partial charge is 0.110 e. The van der Waals surface area contributed by atoms with E-state index in [0.717, 1.165) is 23.5 Å². The lowest BCUT2D eigenvalue weighted by Gasteiger charge is -2.04. The minimum atomic E-state index is 0.0816. The van der Waals surface area contributed by atoms with Gasteiger partial charge in [0, 0.05) is 10.1 Å². The highest BCUT2D eigenvalue weighted by Gasteiger charge is 2.12. The first kappa shape index (κ1) is 12.8. The van der Waals surface area contributed by atoms with Gasteiger partial charge in [0.25, 0.3) is 0 Å². The van der Waals surface area contributed by atoms with Crippen LogP contribution in [0.1, 0.15) is 30.8 Å². The number of hydrogen-bond donors (Lipinski definition) is 1. The van der Waals surface area contributed by atoms with E-state index in [-0.39, 0.29) is 6.04 Å². The SMILES string of the molecule is CCCC(N)c1nc(-c2cc3ccccc3s2)cs1. The summed E-state index contributed by atoms with van der Waals surface area (Å²) in [6, 6.07) is 10.7. The van der Waals surface area contributed by atoms with Gasteiger partial charge in [-0.05, 0) is 23.9 Å². The van der Waals surface area contributed by atoms with E-state index in [1.54, 1.807) is 22.7 Å². The van der Waals surface area contributed by atoms with Crippen molar-refractivity contribution in [2.75, 3.05) is 0 Å². The predicted molar refractivity (Wildman–Crippen MR) is 84.8 cm³/mol. The van der Waals surface area contributed by atoms with Crippen LogP contribution < -0.4 is 5.73 Å². The fourth-order valence-corrected chi connectivity index (χ4v) is 4.07. The Kier molecular flexibility index (Phi) is 3.64. The van der Waals surface area contributed by atoms with Crippen LogP contribution in [0.5, 0.6) is 0 Å². The van der Waals surface area contributed by atoms with Crippen molar-refractivity contribution in [3.63, 3.8) is 0 Å². The molecular weight excluding hydrogens is 272 g/mol. The summed E-state index contributed by atoms with van der Waals surface area (Å²) in [6.45, 7) is 2.15. The topological polar surface area (TPSA) is 38.9 Å². The first-order valence-corrected chi connectivity index (χ1v) is 8.17. The highest BCUT2D eigenvalue weighted by Crippen LogP contribution is 2.34. The monoisotopic (exact) mass is 288 g/mol. The summed E-state index contributed by atoms with van der Waals surface area (Å²) in [7, 11) is 0. The molecule has 0 bridgehead atoms. The molecule has 2 N–H and O–H groups in total. The molecule has 4 heteroatoms. The van der Waals surface area contributed by atoms with Crippen LogP contribution in [0.15, 0.2) is 35.7 Å². The quantitative estimate of drug-likeness (QED) is 0.747. The van der Waals surface area contributed by atoms with E-state index in [2.05, 4.69) is 42.6 Å². The molecule has 3 rings (SSSR count). The van der Waals surface area contributed by atoms with Gasteiger partial charge in [-0.25, -0.2) is 4.98 Å². The zero-order chi connectivity index (χ0) is 13.2. The van der Waals surface area contributed by atoms with Crippen molar-refractivity contribution in [1.82, 2.24) is 4.98 Å². The normalized spacial score (nSPS) is 12.9. The molecule has 1 atom stereocenters. The van der Waals surface area contributed by atoms with Gasteiger partial charge in [0.15, 0.2) is 0 Å². The summed E-state index contributed by atoms with van der Waals surface area (Å²) >= 11 is 3.47. The predicted octanol–water partition coefficient (Wildman–Crippen LogP) is 4.82. The Balaban J connectivity index is 1.93. The average molecular weight is 288 g/mol. The van der Waals surface area contributed by atoms with Crippen LogP contribution in [0.2, 0.25) is 0 Å². The molecule has 2 heterocycles. The third-order valence-corrected chi connectivity index (χ3v) is 5.23. The van der Waals surface area contributed by atoms with Crippen LogP contribution in [0.3, 0.4) is 0 Å². The fourth-order valence-electron chi connectivity index (χ4n) is 2.11. The van der Waals surface area contributed by atoms with Crippen LogP contribution in [-0.4, -0.2) is 4.98 Å². The highest BCUT2D eigenvalue weighted by molar-refractivity contribution is 7.22. The van der Waals surface area contributed by atoms with Gasteiger partial charge in [-0.1, -0.05) is 31.5 Å². The largest absolute Gasteiger partial charge is 0.322 e. The number of nitrogens with zero attached hydrogens (tertiary/aromatic N) is 1. The van der Waals surface area contributed by atoms with Crippen LogP contribution in [-0.2, 0) is 0 Å². The van der Waals surface area contributed by atoms with Crippen molar-refractivity contribution in [3.8, 4) is 10.6 Å². The number of nitrogens with two attached hydrogens (primary N) is 1. The number of rotatable bonds is 4. The van der Waals surface area contributed by atoms with Crippen LogP contribution in [0.25, 0.3) is 20.7 Å². The van der Waals surface area contributed by atoms with Gasteiger partial charge in [-0.15, -0.1) is 22.7 Å². The van der Waals surface area contributed by atoms with Crippen molar-refractivity contribution in [3.05, 3.63) is 40.7 Å². The van der Waals surface area contributed by atoms with Crippen LogP contribution >= 0.6 is 22.7 Å². The molecule has 0 amide bonds. The maximum absolute atomic E-state index is 6.12. The number of aromatic nitrogens is 1. The number of hydrogen-bond acceptors (Lipinski definition) is 4. The first-order valence-electron chi connectivity index (χ1n) is 6.48. The second-order valence-electron chi connectivity index (χ2n) is 4.61. The number of fused-ring (bicyclic) bond motifs is 1. The third-order valence-electron chi connectivity index (χ3n) is 3.12. The molecule has 2 aromatic heterocycles. The van der Waals surface area contributed by atoms with E-state index in [1.807, 2.05) is 0 Å². The first-order chi connectivity index (χ1) is 9.28. The average Bonchev–Trinajstić information content (AvgIpc) is 3.05. The maximum Gasteiger partial charge on any atom is 0.110 e. The molecule has 0 aliphatic heterocycles. The Bertz CT molecular complexity index is 651. The van der Waals surface area contributed by atoms with E-state index in [4.69, 9.17) is 10.7 Å². The van der Waals surface area contributed by atoms with Crippen molar-refractivity contribution in [1.29, 1.82) is 0 Å². The lowest BCUT2D eigenvalue weighted by molar-refractivity contribution is 0.635. The summed E-state index contributed by atoms with van der Waals surface area (Å²) in [5.74, 6) is 0. The third kappa shape index (κ3) is 2.56. The van der Waals surface area contributed by atoms with Crippen molar-refractivity contribution in [2.45, 2.75) is 25.8 Å². The van der Waals surface area contributed by atoms with Gasteiger partial charge >= 0.3 is 0 Å². The molecule has 0 spiro atoms. The van der Waals surface area contributed by atoms with Gasteiger partial charge < -0.3 is 5.73 Å². The van der Waals surface area contributed by atoms with Gasteiger partial charge in [0.2, 0.25) is 0 Å². The van der Waals surface area contributed by atoms with Gasteiger partial charge in [-0.2, -0.15) is 0 Å². The number of thiophene rings is 1. The Morgan fingerprint density at radius 3 is 2.95 bits per heavy atom. The fraction of sp³-hybridized carbons (Fsp3) is 0.267. The number of benzene rings is 1. The molecule has 0 aliphatic rings. The molecular formula is C15H16N2S2. The standard InChI is InChI=1S/C15H16N2S2/c1-2-5-11(16)15-17-12(9-18-15)14-8-10-6-3-4-7-13(10)19-14/h3-4,6-9,11H,2,5,16H2,1H3. The molecule has 19 heavy (non-hydrogen) atoms. The van der Waals surface area contributed by atoms with Crippen molar-refractivity contribution < 1.29 is 0 Å². The van der Waals surface area contributed by atoms with Crippen LogP contribution in [0, 0.1) is 0 Å². The highest BCUT2D eigenvalue weighted by atomic mass is 32.1. The molecule has 1 aromatic carbocycles. The van der Waals surface area contributed by atoms with Gasteiger partial charge in [0.1, 0.15) is 5.01 Å². The molecule has 0 aliphatic carbocycles. The molecule has 0 saturated heterocycles. The minimum absolute atomic E-state index is 0.0816. The van der Waals surface area contributed by atoms with E-state index >= 15 is 0 Å². The maximum atomic E-state index is 6.12. The molecule has 0 radical (unpaired) electrons. The Morgan fingerprint density at radius 1 is 1.32 bits per heavy atom. The molecule has 1 unspecified atom stereocenters. The summed E-state index contributed by atoms with van der Waals surface area (Å²) < 4.78 is 1.31. The van der Waals surface area contributed by atoms with E-state index in [1.165, 1.54) is 15.0 Å². The number of thiazole rings is 1. The zero-order valence-electron chi connectivity index (χ0n) is 10.8. The summed E-state index contributed by atoms with van der Waals surface area (Å²) in [4.78, 5) is 5.93. The minimum Gasteiger partial charge on any atom is -0.322 e. The lowest BCUT2D eigenvalue weighted by atomic mass is 10.2. The zero-order valence-corrected chi connectivity index (χ0v) is 12.4. The van der Waals surface area contributed by atoms with Crippen molar-refractivity contribution >= 4 is 32.8 Å². The Labute approximate surface area is 120 Å². The molecule has 98 valence electrons. The van der Waals surface area contributed by atoms with E-state index in [0.29, 0.717) is 0 Å². The van der Waals surface area contributed by atoms with E-state index < -0.39 is 0 Å². The lowest BCUT2D eigenvalue weighted by Crippen LogP contribution is -2.08. The summed E-state index contributed by atoms with van der Waals surface area (Å²) in [6.07, 6.45) is 2.10. The molecule has 0 saturated carbocycles. The van der Waals surface area contributed by atoms with Crippen LogP contribution in [0.4, 0.5) is 0 Å². The Morgan fingerprint density at radius 2 is 2.16 bits per heavy atom. The van der Waals surface area contributed by atoms with Crippen molar-refractivity contribution in [2.24, 2.45) is 5.73 Å². The molecule has 2 nitrogen and oxygen atoms in total. The summed E-state index contributed by atoms with van der Waals surface area (Å²) in [5, 5.41) is 4.46. The second-order valence-corrected chi connectivity index (χ2v) is 6.59. The van der Waals surface area contributed by atoms with Gasteiger partial charge in [0.05, 0.1) is 16.6 Å². The van der Waals surface area contributed by atoms with Gasteiger partial charge in [-0.3, -0.25) is 0 Å².